The number of carbonyl (C=O) groups excluding carboxylic acids is 1. The maximum absolute atomic E-state index is 12.7. The van der Waals surface area contributed by atoms with E-state index < -0.39 is 33.2 Å². The van der Waals surface area contributed by atoms with Gasteiger partial charge in [0.05, 0.1) is 26.4 Å². The molecule has 0 spiro atoms. The standard InChI is InChI=1S/C48H95O9P/c1-3-5-7-9-11-13-15-17-19-21-22-23-24-26-28-30-32-34-36-38-40-48(51)57-47(45-56-58(52,53)55-43-46(50)42-49)44-54-41-39-37-35-33-31-29-27-25-20-18-16-14-12-10-8-6-4-2/h20,25,46-47,49-50H,3-19,21-24,26-45H2,1-2H3,(H,52,53)/b25-20-. The van der Waals surface area contributed by atoms with Gasteiger partial charge in [-0.1, -0.05) is 212 Å². The van der Waals surface area contributed by atoms with Crippen molar-refractivity contribution in [2.45, 2.75) is 257 Å². The van der Waals surface area contributed by atoms with E-state index in [-0.39, 0.29) is 25.6 Å². The minimum absolute atomic E-state index is 0.0510. The topological polar surface area (TPSA) is 132 Å². The van der Waals surface area contributed by atoms with Crippen molar-refractivity contribution in [2.24, 2.45) is 0 Å². The molecule has 0 aliphatic rings. The molecular formula is C48H95O9P. The summed E-state index contributed by atoms with van der Waals surface area (Å²) in [6.07, 6.45) is 47.4. The number of phosphoric acid groups is 1. The lowest BCUT2D eigenvalue weighted by Gasteiger charge is -2.20. The molecule has 0 amide bonds. The maximum atomic E-state index is 12.7. The molecule has 0 fully saturated rings. The summed E-state index contributed by atoms with van der Waals surface area (Å²) in [6.45, 7) is 3.56. The van der Waals surface area contributed by atoms with Gasteiger partial charge in [-0.25, -0.2) is 4.57 Å². The molecule has 346 valence electrons. The number of aliphatic hydroxyl groups is 2. The molecule has 3 N–H and O–H groups in total. The first kappa shape index (κ1) is 57.2. The van der Waals surface area contributed by atoms with E-state index >= 15 is 0 Å². The van der Waals surface area contributed by atoms with Crippen LogP contribution in [0.25, 0.3) is 0 Å². The Morgan fingerprint density at radius 3 is 1.29 bits per heavy atom. The van der Waals surface area contributed by atoms with Gasteiger partial charge in [-0.2, -0.15) is 0 Å². The first-order chi connectivity index (χ1) is 28.3. The first-order valence-corrected chi connectivity index (χ1v) is 26.2. The molecule has 0 rings (SSSR count). The summed E-state index contributed by atoms with van der Waals surface area (Å²) in [5.74, 6) is -0.378. The number of phosphoric ester groups is 1. The Balaban J connectivity index is 4.06. The molecule has 0 radical (unpaired) electrons. The third kappa shape index (κ3) is 44.7. The van der Waals surface area contributed by atoms with Crippen LogP contribution in [0, 0.1) is 0 Å². The molecular weight excluding hydrogens is 751 g/mol. The van der Waals surface area contributed by atoms with E-state index in [4.69, 9.17) is 23.6 Å². The van der Waals surface area contributed by atoms with Crippen LogP contribution >= 0.6 is 7.82 Å². The third-order valence-corrected chi connectivity index (χ3v) is 11.9. The zero-order valence-electron chi connectivity index (χ0n) is 38.0. The number of ether oxygens (including phenoxy) is 2. The van der Waals surface area contributed by atoms with Gasteiger partial charge in [-0.05, 0) is 38.5 Å². The van der Waals surface area contributed by atoms with Crippen molar-refractivity contribution in [3.05, 3.63) is 12.2 Å². The van der Waals surface area contributed by atoms with Gasteiger partial charge in [0, 0.05) is 13.0 Å². The van der Waals surface area contributed by atoms with Crippen LogP contribution in [0.15, 0.2) is 12.2 Å². The second kappa shape index (κ2) is 45.7. The number of hydrogen-bond acceptors (Lipinski definition) is 8. The highest BCUT2D eigenvalue weighted by molar-refractivity contribution is 7.47. The Kier molecular flexibility index (Phi) is 45.1. The second-order valence-corrected chi connectivity index (χ2v) is 18.3. The van der Waals surface area contributed by atoms with Crippen molar-refractivity contribution in [2.75, 3.05) is 33.0 Å². The Morgan fingerprint density at radius 2 is 0.879 bits per heavy atom. The molecule has 0 bridgehead atoms. The second-order valence-electron chi connectivity index (χ2n) is 16.8. The number of allylic oxidation sites excluding steroid dienone is 2. The summed E-state index contributed by atoms with van der Waals surface area (Å²) in [5, 5.41) is 18.4. The van der Waals surface area contributed by atoms with Crippen LogP contribution < -0.4 is 0 Å². The van der Waals surface area contributed by atoms with Crippen LogP contribution in [-0.4, -0.2) is 66.3 Å². The quantitative estimate of drug-likeness (QED) is 0.0237. The Bertz CT molecular complexity index is 918. The summed E-state index contributed by atoms with van der Waals surface area (Å²) in [4.78, 5) is 22.7. The third-order valence-electron chi connectivity index (χ3n) is 11.0. The van der Waals surface area contributed by atoms with Crippen LogP contribution in [0.1, 0.15) is 245 Å². The zero-order chi connectivity index (χ0) is 42.5. The molecule has 9 nitrogen and oxygen atoms in total. The van der Waals surface area contributed by atoms with E-state index in [1.165, 1.54) is 180 Å². The number of hydrogen-bond donors (Lipinski definition) is 3. The summed E-state index contributed by atoms with van der Waals surface area (Å²) < 4.78 is 33.5. The largest absolute Gasteiger partial charge is 0.472 e. The van der Waals surface area contributed by atoms with Crippen LogP contribution in [0.3, 0.4) is 0 Å². The number of aliphatic hydroxyl groups excluding tert-OH is 2. The highest BCUT2D eigenvalue weighted by Crippen LogP contribution is 2.43. The molecule has 0 saturated carbocycles. The molecule has 10 heteroatoms. The Labute approximate surface area is 358 Å². The number of rotatable bonds is 48. The van der Waals surface area contributed by atoms with Gasteiger partial charge in [0.1, 0.15) is 12.2 Å². The normalized spacial score (nSPS) is 13.9. The molecule has 0 aromatic rings. The number of carbonyl (C=O) groups is 1. The zero-order valence-corrected chi connectivity index (χ0v) is 38.9. The highest BCUT2D eigenvalue weighted by Gasteiger charge is 2.26. The molecule has 3 atom stereocenters. The van der Waals surface area contributed by atoms with E-state index in [0.717, 1.165) is 44.9 Å². The molecule has 0 heterocycles. The van der Waals surface area contributed by atoms with Gasteiger partial charge >= 0.3 is 13.8 Å². The minimum Gasteiger partial charge on any atom is -0.457 e. The lowest BCUT2D eigenvalue weighted by atomic mass is 10.0. The van der Waals surface area contributed by atoms with Crippen LogP contribution in [0.4, 0.5) is 0 Å². The average molecular weight is 847 g/mol. The maximum Gasteiger partial charge on any atom is 0.472 e. The summed E-state index contributed by atoms with van der Waals surface area (Å²) in [7, 11) is -4.52. The van der Waals surface area contributed by atoms with Crippen molar-refractivity contribution < 1.29 is 43.0 Å². The van der Waals surface area contributed by atoms with Crippen molar-refractivity contribution in [1.29, 1.82) is 0 Å². The van der Waals surface area contributed by atoms with Crippen molar-refractivity contribution in [1.82, 2.24) is 0 Å². The molecule has 0 saturated heterocycles. The molecule has 0 aromatic carbocycles. The van der Waals surface area contributed by atoms with Gasteiger partial charge in [0.25, 0.3) is 0 Å². The lowest BCUT2D eigenvalue weighted by Crippen LogP contribution is -2.29. The monoisotopic (exact) mass is 847 g/mol. The van der Waals surface area contributed by atoms with Crippen molar-refractivity contribution >= 4 is 13.8 Å². The van der Waals surface area contributed by atoms with E-state index in [2.05, 4.69) is 26.0 Å². The molecule has 3 unspecified atom stereocenters. The van der Waals surface area contributed by atoms with Gasteiger partial charge < -0.3 is 24.6 Å². The minimum atomic E-state index is -4.52. The van der Waals surface area contributed by atoms with Gasteiger partial charge in [-0.15, -0.1) is 0 Å². The summed E-state index contributed by atoms with van der Waals surface area (Å²) >= 11 is 0. The fourth-order valence-electron chi connectivity index (χ4n) is 7.18. The summed E-state index contributed by atoms with van der Waals surface area (Å²) in [6, 6.07) is 0. The van der Waals surface area contributed by atoms with Gasteiger partial charge in [-0.3, -0.25) is 13.8 Å². The smallest absolute Gasteiger partial charge is 0.457 e. The predicted molar refractivity (Wildman–Crippen MR) is 242 cm³/mol. The fourth-order valence-corrected chi connectivity index (χ4v) is 7.97. The van der Waals surface area contributed by atoms with Gasteiger partial charge in [0.2, 0.25) is 0 Å². The Morgan fingerprint density at radius 1 is 0.517 bits per heavy atom. The van der Waals surface area contributed by atoms with Crippen molar-refractivity contribution in [3.63, 3.8) is 0 Å². The van der Waals surface area contributed by atoms with Crippen LogP contribution in [0.2, 0.25) is 0 Å². The van der Waals surface area contributed by atoms with Gasteiger partial charge in [0.15, 0.2) is 0 Å². The molecule has 0 aromatic heterocycles. The van der Waals surface area contributed by atoms with E-state index in [9.17, 15) is 19.4 Å². The molecule has 0 aliphatic carbocycles. The molecule has 0 aliphatic heterocycles. The number of esters is 1. The van der Waals surface area contributed by atoms with Crippen molar-refractivity contribution in [3.8, 4) is 0 Å². The first-order valence-electron chi connectivity index (χ1n) is 24.7. The SMILES string of the molecule is CCCCCCCCC/C=C\CCCCCCCCOCC(COP(=O)(O)OCC(O)CO)OC(=O)CCCCCCCCCCCCCCCCCCCCCC. The Hall–Kier alpha value is -0.800. The van der Waals surface area contributed by atoms with Crippen LogP contribution in [0.5, 0.6) is 0 Å². The predicted octanol–water partition coefficient (Wildman–Crippen LogP) is 14.0. The number of unbranched alkanes of at least 4 members (excludes halogenated alkanes) is 32. The van der Waals surface area contributed by atoms with E-state index in [1.807, 2.05) is 0 Å². The highest BCUT2D eigenvalue weighted by atomic mass is 31.2. The summed E-state index contributed by atoms with van der Waals surface area (Å²) in [5.41, 5.74) is 0. The van der Waals surface area contributed by atoms with E-state index in [0.29, 0.717) is 6.61 Å². The fraction of sp³-hybridized carbons (Fsp3) is 0.938. The van der Waals surface area contributed by atoms with Crippen LogP contribution in [-0.2, 0) is 27.9 Å². The molecule has 58 heavy (non-hydrogen) atoms. The average Bonchev–Trinajstić information content (AvgIpc) is 3.21. The van der Waals surface area contributed by atoms with E-state index in [1.54, 1.807) is 0 Å². The lowest BCUT2D eigenvalue weighted by molar-refractivity contribution is -0.154.